The fraction of sp³-hybridized carbons (Fsp3) is 0.783. The molecule has 7 atom stereocenters. The number of rotatable bonds is 8. The van der Waals surface area contributed by atoms with Crippen molar-refractivity contribution >= 4 is 23.6 Å². The first kappa shape index (κ1) is 29.5. The number of alkyl halides is 6. The molecule has 0 aromatic rings. The molecule has 38 heavy (non-hydrogen) atoms. The SMILES string of the molecule is CC[C@H]([C@H](NC(=O)C(F)(F)F)C(=O)N1C[C@H]2[C@@H]([C@H]1C(=O)N[C@@H](C#N)C[C@@H]1CCNC1=O)C2(C)C)C(F)(F)F. The van der Waals surface area contributed by atoms with Crippen LogP contribution in [0.2, 0.25) is 0 Å². The van der Waals surface area contributed by atoms with Crippen LogP contribution in [0.3, 0.4) is 0 Å². The Balaban J connectivity index is 1.87. The molecule has 3 aliphatic rings. The summed E-state index contributed by atoms with van der Waals surface area (Å²) in [6.07, 6.45) is -11.1. The van der Waals surface area contributed by atoms with E-state index in [4.69, 9.17) is 0 Å². The largest absolute Gasteiger partial charge is 0.471 e. The Bertz CT molecular complexity index is 1020. The smallest absolute Gasteiger partial charge is 0.356 e. The summed E-state index contributed by atoms with van der Waals surface area (Å²) in [6, 6.07) is -3.26. The number of nitrogens with zero attached hydrogens (tertiary/aromatic N) is 2. The lowest BCUT2D eigenvalue weighted by atomic mass is 9.92. The van der Waals surface area contributed by atoms with Gasteiger partial charge in [-0.15, -0.1) is 0 Å². The Morgan fingerprint density at radius 2 is 1.82 bits per heavy atom. The van der Waals surface area contributed by atoms with Crippen LogP contribution in [0.4, 0.5) is 26.3 Å². The zero-order valence-electron chi connectivity index (χ0n) is 20.9. The molecule has 0 aromatic heterocycles. The predicted octanol–water partition coefficient (Wildman–Crippen LogP) is 1.64. The van der Waals surface area contributed by atoms with Gasteiger partial charge in [0.1, 0.15) is 18.1 Å². The molecule has 9 nitrogen and oxygen atoms in total. The summed E-state index contributed by atoms with van der Waals surface area (Å²) in [5, 5.41) is 15.8. The zero-order chi connectivity index (χ0) is 28.8. The lowest BCUT2D eigenvalue weighted by Gasteiger charge is -2.36. The topological polar surface area (TPSA) is 131 Å². The number of nitrogens with one attached hydrogen (secondary N) is 3. The third-order valence-corrected chi connectivity index (χ3v) is 7.99. The fourth-order valence-corrected chi connectivity index (χ4v) is 5.76. The van der Waals surface area contributed by atoms with Crippen molar-refractivity contribution in [2.75, 3.05) is 13.1 Å². The molecule has 15 heteroatoms. The van der Waals surface area contributed by atoms with Crippen LogP contribution in [0.15, 0.2) is 0 Å². The summed E-state index contributed by atoms with van der Waals surface area (Å²) < 4.78 is 79.9. The highest BCUT2D eigenvalue weighted by atomic mass is 19.4. The van der Waals surface area contributed by atoms with Crippen LogP contribution in [0.1, 0.15) is 40.0 Å². The molecular weight excluding hydrogens is 524 g/mol. The minimum absolute atomic E-state index is 0.0253. The van der Waals surface area contributed by atoms with E-state index in [0.717, 1.165) is 11.8 Å². The second-order valence-electron chi connectivity index (χ2n) is 10.6. The first-order valence-corrected chi connectivity index (χ1v) is 12.2. The molecule has 212 valence electrons. The van der Waals surface area contributed by atoms with Gasteiger partial charge >= 0.3 is 18.3 Å². The van der Waals surface area contributed by atoms with E-state index in [2.05, 4.69) is 10.6 Å². The minimum Gasteiger partial charge on any atom is -0.356 e. The predicted molar refractivity (Wildman–Crippen MR) is 117 cm³/mol. The molecular formula is C23H29F6N5O4. The van der Waals surface area contributed by atoms with Crippen molar-refractivity contribution < 1.29 is 45.5 Å². The number of halogens is 6. The Morgan fingerprint density at radius 3 is 2.29 bits per heavy atom. The third kappa shape index (κ3) is 5.68. The van der Waals surface area contributed by atoms with Crippen molar-refractivity contribution in [3.63, 3.8) is 0 Å². The first-order valence-electron chi connectivity index (χ1n) is 12.2. The molecule has 4 amide bonds. The molecule has 1 saturated carbocycles. The molecule has 0 radical (unpaired) electrons. The van der Waals surface area contributed by atoms with Gasteiger partial charge < -0.3 is 20.9 Å². The Kier molecular flexibility index (Phi) is 7.96. The van der Waals surface area contributed by atoms with Gasteiger partial charge in [-0.2, -0.15) is 31.6 Å². The molecule has 2 saturated heterocycles. The van der Waals surface area contributed by atoms with E-state index >= 15 is 0 Å². The molecule has 3 N–H and O–H groups in total. The second kappa shape index (κ2) is 10.3. The van der Waals surface area contributed by atoms with Gasteiger partial charge in [0.25, 0.3) is 0 Å². The lowest BCUT2D eigenvalue weighted by molar-refractivity contribution is -0.195. The standard InChI is InChI=1S/C23H29F6N5O4/c1-4-12(22(24,25)26)15(33-20(38)23(27,28)29)19(37)34-9-13-14(21(13,2)3)16(34)18(36)32-11(8-30)7-10-5-6-31-17(10)35/h10-16H,4-7,9H2,1-3H3,(H,31,35)(H,32,36)(H,33,38)/t10-,11+,12+,13-,14-,15-,16-/m0/s1. The number of likely N-dealkylation sites (tertiary alicyclic amines) is 1. The summed E-state index contributed by atoms with van der Waals surface area (Å²) in [5.74, 6) is -9.34. The molecule has 0 bridgehead atoms. The number of fused-ring (bicyclic) bond motifs is 1. The van der Waals surface area contributed by atoms with Crippen molar-refractivity contribution in [3.05, 3.63) is 0 Å². The summed E-state index contributed by atoms with van der Waals surface area (Å²) in [4.78, 5) is 50.9. The number of nitriles is 1. The van der Waals surface area contributed by atoms with E-state index in [1.807, 2.05) is 6.07 Å². The molecule has 2 heterocycles. The van der Waals surface area contributed by atoms with Crippen LogP contribution in [-0.4, -0.2) is 72.1 Å². The quantitative estimate of drug-likeness (QED) is 0.394. The first-order chi connectivity index (χ1) is 17.4. The number of carbonyl (C=O) groups is 4. The summed E-state index contributed by atoms with van der Waals surface area (Å²) in [5.41, 5.74) is -0.495. The van der Waals surface area contributed by atoms with Crippen molar-refractivity contribution in [2.24, 2.45) is 29.1 Å². The van der Waals surface area contributed by atoms with E-state index in [9.17, 15) is 50.8 Å². The Hall–Kier alpha value is -3.05. The van der Waals surface area contributed by atoms with Crippen molar-refractivity contribution in [1.29, 1.82) is 5.26 Å². The minimum atomic E-state index is -5.54. The van der Waals surface area contributed by atoms with Crippen LogP contribution in [0.5, 0.6) is 0 Å². The van der Waals surface area contributed by atoms with Crippen LogP contribution >= 0.6 is 0 Å². The Morgan fingerprint density at radius 1 is 1.18 bits per heavy atom. The van der Waals surface area contributed by atoms with Crippen molar-refractivity contribution in [3.8, 4) is 6.07 Å². The Labute approximate surface area is 214 Å². The molecule has 0 spiro atoms. The molecule has 1 aliphatic carbocycles. The van der Waals surface area contributed by atoms with E-state index in [0.29, 0.717) is 13.0 Å². The van der Waals surface area contributed by atoms with Crippen molar-refractivity contribution in [1.82, 2.24) is 20.9 Å². The summed E-state index contributed by atoms with van der Waals surface area (Å²) >= 11 is 0. The molecule has 3 fully saturated rings. The third-order valence-electron chi connectivity index (χ3n) is 7.99. The highest BCUT2D eigenvalue weighted by Gasteiger charge is 2.70. The number of piperidine rings is 1. The summed E-state index contributed by atoms with van der Waals surface area (Å²) in [7, 11) is 0. The van der Waals surface area contributed by atoms with Gasteiger partial charge in [0.15, 0.2) is 0 Å². The number of carbonyl (C=O) groups excluding carboxylic acids is 4. The average Bonchev–Trinajstić information content (AvgIpc) is 3.16. The lowest BCUT2D eigenvalue weighted by Crippen LogP contribution is -2.61. The molecule has 0 aromatic carbocycles. The van der Waals surface area contributed by atoms with Crippen LogP contribution in [-0.2, 0) is 19.2 Å². The number of hydrogen-bond acceptors (Lipinski definition) is 5. The van der Waals surface area contributed by atoms with Crippen molar-refractivity contribution in [2.45, 2.75) is 70.5 Å². The van der Waals surface area contributed by atoms with E-state index < -0.39 is 77.8 Å². The monoisotopic (exact) mass is 553 g/mol. The maximum Gasteiger partial charge on any atom is 0.471 e. The van der Waals surface area contributed by atoms with Crippen LogP contribution in [0, 0.1) is 40.4 Å². The highest BCUT2D eigenvalue weighted by Crippen LogP contribution is 2.65. The van der Waals surface area contributed by atoms with Gasteiger partial charge in [0.05, 0.1) is 12.0 Å². The maximum absolute atomic E-state index is 13.7. The average molecular weight is 554 g/mol. The molecule has 3 rings (SSSR count). The van der Waals surface area contributed by atoms with Gasteiger partial charge in [0, 0.05) is 19.0 Å². The maximum atomic E-state index is 13.7. The van der Waals surface area contributed by atoms with E-state index in [1.165, 1.54) is 5.32 Å². The van der Waals surface area contributed by atoms with Gasteiger partial charge in [-0.05, 0) is 36.5 Å². The van der Waals surface area contributed by atoms with Gasteiger partial charge in [0.2, 0.25) is 17.7 Å². The number of hydrogen-bond donors (Lipinski definition) is 3. The normalized spacial score (nSPS) is 28.4. The zero-order valence-corrected chi connectivity index (χ0v) is 20.9. The van der Waals surface area contributed by atoms with Crippen LogP contribution in [0.25, 0.3) is 0 Å². The molecule has 0 unspecified atom stereocenters. The van der Waals surface area contributed by atoms with E-state index in [-0.39, 0.29) is 24.8 Å². The summed E-state index contributed by atoms with van der Waals surface area (Å²) in [6.45, 7) is 4.78. The van der Waals surface area contributed by atoms with Gasteiger partial charge in [-0.25, -0.2) is 0 Å². The van der Waals surface area contributed by atoms with Gasteiger partial charge in [-0.3, -0.25) is 19.2 Å². The number of amides is 4. The second-order valence-corrected chi connectivity index (χ2v) is 10.6. The highest BCUT2D eigenvalue weighted by molar-refractivity contribution is 5.94. The fourth-order valence-electron chi connectivity index (χ4n) is 5.76. The van der Waals surface area contributed by atoms with E-state index in [1.54, 1.807) is 13.8 Å². The van der Waals surface area contributed by atoms with Crippen LogP contribution < -0.4 is 16.0 Å². The molecule has 2 aliphatic heterocycles. The van der Waals surface area contributed by atoms with Gasteiger partial charge in [-0.1, -0.05) is 20.8 Å².